The molecule has 0 radical (unpaired) electrons. The van der Waals surface area contributed by atoms with E-state index in [2.05, 4.69) is 11.1 Å². The smallest absolute Gasteiger partial charge is 0.351 e. The molecule has 0 spiro atoms. The van der Waals surface area contributed by atoms with E-state index in [0.29, 0.717) is 6.42 Å². The molecule has 0 unspecified atom stereocenters. The lowest BCUT2D eigenvalue weighted by Crippen LogP contribution is -2.40. The second-order valence-electron chi connectivity index (χ2n) is 3.16. The first-order chi connectivity index (χ1) is 7.31. The number of amides is 3. The van der Waals surface area contributed by atoms with Gasteiger partial charge in [0, 0.05) is 6.42 Å². The number of carbonyl (C=O) groups excluding carboxylic acids is 2. The second-order valence-corrected chi connectivity index (χ2v) is 3.16. The van der Waals surface area contributed by atoms with Gasteiger partial charge in [0.1, 0.15) is 0 Å². The minimum atomic E-state index is -4.14. The number of urea groups is 1. The van der Waals surface area contributed by atoms with Gasteiger partial charge < -0.3 is 11.1 Å². The SMILES string of the molecule is NC(=O)NC(=O)CNCCCCC(F)(F)F. The van der Waals surface area contributed by atoms with Crippen molar-refractivity contribution in [2.24, 2.45) is 5.73 Å². The molecule has 0 saturated carbocycles. The summed E-state index contributed by atoms with van der Waals surface area (Å²) in [4.78, 5) is 21.0. The van der Waals surface area contributed by atoms with Crippen molar-refractivity contribution in [2.45, 2.75) is 25.4 Å². The summed E-state index contributed by atoms with van der Waals surface area (Å²) in [7, 11) is 0. The molecule has 0 bridgehead atoms. The fourth-order valence-corrected chi connectivity index (χ4v) is 0.959. The minimum absolute atomic E-state index is 0.00788. The van der Waals surface area contributed by atoms with Crippen molar-refractivity contribution in [2.75, 3.05) is 13.1 Å². The van der Waals surface area contributed by atoms with Crippen LogP contribution in [0.3, 0.4) is 0 Å². The molecule has 16 heavy (non-hydrogen) atoms. The van der Waals surface area contributed by atoms with Crippen molar-refractivity contribution in [1.29, 1.82) is 0 Å². The van der Waals surface area contributed by atoms with Crippen LogP contribution in [-0.4, -0.2) is 31.2 Å². The van der Waals surface area contributed by atoms with Crippen molar-refractivity contribution in [3.63, 3.8) is 0 Å². The largest absolute Gasteiger partial charge is 0.389 e. The predicted molar refractivity (Wildman–Crippen MR) is 50.5 cm³/mol. The van der Waals surface area contributed by atoms with Crippen LogP contribution in [0, 0.1) is 0 Å². The zero-order chi connectivity index (χ0) is 12.6. The van der Waals surface area contributed by atoms with Gasteiger partial charge >= 0.3 is 12.2 Å². The van der Waals surface area contributed by atoms with Gasteiger partial charge in [-0.15, -0.1) is 0 Å². The molecule has 94 valence electrons. The van der Waals surface area contributed by atoms with Crippen LogP contribution in [0.4, 0.5) is 18.0 Å². The van der Waals surface area contributed by atoms with E-state index >= 15 is 0 Å². The number of primary amides is 1. The molecule has 0 heterocycles. The molecule has 5 nitrogen and oxygen atoms in total. The molecule has 0 atom stereocenters. The number of nitrogens with two attached hydrogens (primary N) is 1. The van der Waals surface area contributed by atoms with Gasteiger partial charge in [-0.2, -0.15) is 13.2 Å². The molecule has 0 aliphatic heterocycles. The molecule has 3 amide bonds. The summed E-state index contributed by atoms with van der Waals surface area (Å²) in [5.41, 5.74) is 4.67. The van der Waals surface area contributed by atoms with E-state index in [4.69, 9.17) is 0 Å². The number of imide groups is 1. The summed E-state index contributed by atoms with van der Waals surface area (Å²) in [6, 6.07) is -0.955. The zero-order valence-electron chi connectivity index (χ0n) is 8.56. The highest BCUT2D eigenvalue weighted by Gasteiger charge is 2.25. The molecule has 0 saturated heterocycles. The van der Waals surface area contributed by atoms with Crippen LogP contribution in [0.25, 0.3) is 0 Å². The monoisotopic (exact) mass is 241 g/mol. The highest BCUT2D eigenvalue weighted by Crippen LogP contribution is 2.21. The van der Waals surface area contributed by atoms with Gasteiger partial charge in [0.05, 0.1) is 6.54 Å². The van der Waals surface area contributed by atoms with E-state index in [-0.39, 0.29) is 19.5 Å². The normalized spacial score (nSPS) is 11.2. The number of halogens is 3. The number of unbranched alkanes of at least 4 members (excludes halogenated alkanes) is 1. The van der Waals surface area contributed by atoms with Crippen LogP contribution in [0.2, 0.25) is 0 Å². The van der Waals surface area contributed by atoms with Crippen molar-refractivity contribution in [1.82, 2.24) is 10.6 Å². The lowest BCUT2D eigenvalue weighted by molar-refractivity contribution is -0.135. The maximum atomic E-state index is 11.7. The van der Waals surface area contributed by atoms with Crippen molar-refractivity contribution in [3.05, 3.63) is 0 Å². The molecular weight excluding hydrogens is 227 g/mol. The summed E-state index contributed by atoms with van der Waals surface area (Å²) >= 11 is 0. The Kier molecular flexibility index (Phi) is 6.47. The van der Waals surface area contributed by atoms with E-state index in [0.717, 1.165) is 0 Å². The quantitative estimate of drug-likeness (QED) is 0.592. The number of nitrogens with one attached hydrogen (secondary N) is 2. The first kappa shape index (κ1) is 14.7. The number of hydrogen-bond donors (Lipinski definition) is 3. The van der Waals surface area contributed by atoms with Crippen molar-refractivity contribution in [3.8, 4) is 0 Å². The molecule has 0 aromatic carbocycles. The molecule has 0 aliphatic rings. The number of hydrogen-bond acceptors (Lipinski definition) is 3. The van der Waals surface area contributed by atoms with Crippen LogP contribution in [0.1, 0.15) is 19.3 Å². The molecule has 4 N–H and O–H groups in total. The van der Waals surface area contributed by atoms with E-state index in [1.807, 2.05) is 5.32 Å². The molecule has 0 fully saturated rings. The van der Waals surface area contributed by atoms with Crippen LogP contribution in [0.5, 0.6) is 0 Å². The first-order valence-electron chi connectivity index (χ1n) is 4.68. The Balaban J connectivity index is 3.34. The van der Waals surface area contributed by atoms with Crippen molar-refractivity contribution < 1.29 is 22.8 Å². The number of carbonyl (C=O) groups is 2. The topological polar surface area (TPSA) is 84.2 Å². The summed E-state index contributed by atoms with van der Waals surface area (Å²) in [5, 5.41) is 4.40. The van der Waals surface area contributed by atoms with Crippen molar-refractivity contribution >= 4 is 11.9 Å². The standard InChI is InChI=1S/C8H14F3N3O2/c9-8(10,11)3-1-2-4-13-5-6(15)14-7(12)16/h13H,1-5H2,(H3,12,14,15,16). The Morgan fingerprint density at radius 1 is 1.19 bits per heavy atom. The number of rotatable bonds is 6. The average Bonchev–Trinajstić information content (AvgIpc) is 2.07. The summed E-state index contributed by atoms with van der Waals surface area (Å²) < 4.78 is 35.1. The third-order valence-corrected chi connectivity index (χ3v) is 1.61. The molecule has 0 aliphatic carbocycles. The van der Waals surface area contributed by atoms with Gasteiger partial charge in [-0.05, 0) is 19.4 Å². The van der Waals surface area contributed by atoms with E-state index in [9.17, 15) is 22.8 Å². The van der Waals surface area contributed by atoms with Crippen LogP contribution >= 0.6 is 0 Å². The van der Waals surface area contributed by atoms with Gasteiger partial charge in [0.25, 0.3) is 0 Å². The fraction of sp³-hybridized carbons (Fsp3) is 0.750. The summed E-state index contributed by atoms with van der Waals surface area (Å²) in [6.45, 7) is 0.136. The van der Waals surface area contributed by atoms with E-state index in [1.165, 1.54) is 0 Å². The lowest BCUT2D eigenvalue weighted by Gasteiger charge is -2.06. The molecule has 0 rings (SSSR count). The average molecular weight is 241 g/mol. The third-order valence-electron chi connectivity index (χ3n) is 1.61. The predicted octanol–water partition coefficient (Wildman–Crippen LogP) is 0.503. The Hall–Kier alpha value is -1.31. The van der Waals surface area contributed by atoms with E-state index in [1.54, 1.807) is 0 Å². The highest BCUT2D eigenvalue weighted by molar-refractivity contribution is 5.94. The Bertz CT molecular complexity index is 243. The third kappa shape index (κ3) is 10.8. The second kappa shape index (κ2) is 7.04. The lowest BCUT2D eigenvalue weighted by atomic mass is 10.2. The van der Waals surface area contributed by atoms with E-state index < -0.39 is 24.5 Å². The van der Waals surface area contributed by atoms with Gasteiger partial charge in [-0.3, -0.25) is 10.1 Å². The van der Waals surface area contributed by atoms with Crippen LogP contribution in [-0.2, 0) is 4.79 Å². The van der Waals surface area contributed by atoms with Crippen LogP contribution in [0.15, 0.2) is 0 Å². The van der Waals surface area contributed by atoms with Crippen LogP contribution < -0.4 is 16.4 Å². The molecule has 0 aromatic rings. The fourth-order valence-electron chi connectivity index (χ4n) is 0.959. The van der Waals surface area contributed by atoms with Gasteiger partial charge in [-0.1, -0.05) is 0 Å². The number of alkyl halides is 3. The highest BCUT2D eigenvalue weighted by atomic mass is 19.4. The Morgan fingerprint density at radius 3 is 2.31 bits per heavy atom. The summed E-state index contributed by atoms with van der Waals surface area (Å²) in [5.74, 6) is -0.608. The van der Waals surface area contributed by atoms with Gasteiger partial charge in [0.2, 0.25) is 5.91 Å². The molecular formula is C8H14F3N3O2. The van der Waals surface area contributed by atoms with Gasteiger partial charge in [-0.25, -0.2) is 4.79 Å². The molecule has 8 heteroatoms. The summed E-state index contributed by atoms with van der Waals surface area (Å²) in [6.07, 6.45) is -4.65. The Labute approximate surface area is 90.6 Å². The maximum Gasteiger partial charge on any atom is 0.389 e. The van der Waals surface area contributed by atoms with Gasteiger partial charge in [0.15, 0.2) is 0 Å². The first-order valence-corrected chi connectivity index (χ1v) is 4.68. The minimum Gasteiger partial charge on any atom is -0.351 e. The Morgan fingerprint density at radius 2 is 1.81 bits per heavy atom. The zero-order valence-corrected chi connectivity index (χ0v) is 8.56. The maximum absolute atomic E-state index is 11.7. The molecule has 0 aromatic heterocycles.